The van der Waals surface area contributed by atoms with E-state index in [4.69, 9.17) is 9.72 Å². The lowest BCUT2D eigenvalue weighted by atomic mass is 9.99. The molecular weight excluding hydrogens is 468 g/mol. The molecule has 0 radical (unpaired) electrons. The van der Waals surface area contributed by atoms with E-state index in [1.807, 2.05) is 48.5 Å². The minimum Gasteiger partial charge on any atom is -0.379 e. The third kappa shape index (κ3) is 4.53. The zero-order valence-electron chi connectivity index (χ0n) is 18.1. The molecule has 1 aliphatic rings. The Labute approximate surface area is 195 Å². The number of halogens is 1. The average molecular weight is 493 g/mol. The van der Waals surface area contributed by atoms with Gasteiger partial charge in [0, 0.05) is 59.7 Å². The molecule has 0 amide bonds. The number of aryl methyl sites for hydroxylation is 1. The number of nitrogens with one attached hydrogen (secondary N) is 1. The van der Waals surface area contributed by atoms with Gasteiger partial charge in [-0.2, -0.15) is 5.10 Å². The van der Waals surface area contributed by atoms with Crippen LogP contribution in [0.3, 0.4) is 0 Å². The molecule has 1 aliphatic heterocycles. The highest BCUT2D eigenvalue weighted by molar-refractivity contribution is 9.10. The van der Waals surface area contributed by atoms with E-state index in [0.29, 0.717) is 5.95 Å². The Kier molecular flexibility index (Phi) is 5.91. The smallest absolute Gasteiger partial charge is 0.227 e. The van der Waals surface area contributed by atoms with Gasteiger partial charge in [-0.3, -0.25) is 9.58 Å². The summed E-state index contributed by atoms with van der Waals surface area (Å²) in [4.78, 5) is 11.7. The maximum Gasteiger partial charge on any atom is 0.227 e. The molecule has 3 heterocycles. The second-order valence-electron chi connectivity index (χ2n) is 8.09. The Morgan fingerprint density at radius 1 is 1.06 bits per heavy atom. The second-order valence-corrected chi connectivity index (χ2v) is 9.01. The molecule has 1 saturated heterocycles. The number of anilines is 2. The zero-order valence-corrected chi connectivity index (χ0v) is 19.7. The molecule has 4 aromatic rings. The fourth-order valence-electron chi connectivity index (χ4n) is 4.07. The summed E-state index contributed by atoms with van der Waals surface area (Å²) in [5.74, 6) is 0.577. The molecule has 1 N–H and O–H groups in total. The molecule has 1 fully saturated rings. The third-order valence-corrected chi connectivity index (χ3v) is 6.36. The lowest BCUT2D eigenvalue weighted by Gasteiger charge is -2.33. The van der Waals surface area contributed by atoms with Crippen molar-refractivity contribution in [3.05, 3.63) is 65.0 Å². The summed E-state index contributed by atoms with van der Waals surface area (Å²) in [5.41, 5.74) is 5.29. The van der Waals surface area contributed by atoms with Crippen molar-refractivity contribution in [3.8, 4) is 11.1 Å². The minimum absolute atomic E-state index is 0.269. The highest BCUT2D eigenvalue weighted by Crippen LogP contribution is 2.31. The highest BCUT2D eigenvalue weighted by Gasteiger charge is 2.20. The van der Waals surface area contributed by atoms with Crippen LogP contribution in [-0.2, 0) is 11.8 Å². The van der Waals surface area contributed by atoms with Crippen LogP contribution in [0.25, 0.3) is 22.0 Å². The van der Waals surface area contributed by atoms with Crippen LogP contribution >= 0.6 is 15.9 Å². The van der Waals surface area contributed by atoms with Crippen molar-refractivity contribution in [2.75, 3.05) is 31.6 Å². The predicted octanol–water partition coefficient (Wildman–Crippen LogP) is 4.93. The van der Waals surface area contributed by atoms with Crippen molar-refractivity contribution in [2.24, 2.45) is 7.05 Å². The Bertz CT molecular complexity index is 1250. The molecule has 0 aliphatic carbocycles. The number of hydrogen-bond donors (Lipinski definition) is 1. The maximum absolute atomic E-state index is 5.54. The van der Waals surface area contributed by atoms with Crippen LogP contribution in [0, 0.1) is 0 Å². The molecule has 1 unspecified atom stereocenters. The van der Waals surface area contributed by atoms with Crippen molar-refractivity contribution in [3.63, 3.8) is 0 Å². The molecule has 2 aromatic carbocycles. The second kappa shape index (κ2) is 8.97. The van der Waals surface area contributed by atoms with E-state index in [-0.39, 0.29) is 6.04 Å². The average Bonchev–Trinajstić information content (AvgIpc) is 3.25. The fraction of sp³-hybridized carbons (Fsp3) is 0.292. The lowest BCUT2D eigenvalue weighted by Crippen LogP contribution is -2.38. The van der Waals surface area contributed by atoms with Crippen molar-refractivity contribution < 1.29 is 4.74 Å². The van der Waals surface area contributed by atoms with Gasteiger partial charge in [-0.1, -0.05) is 15.9 Å². The number of fused-ring (bicyclic) bond motifs is 1. The molecule has 2 aromatic heterocycles. The van der Waals surface area contributed by atoms with Gasteiger partial charge in [0.05, 0.1) is 24.9 Å². The molecule has 164 valence electrons. The van der Waals surface area contributed by atoms with Gasteiger partial charge in [0.2, 0.25) is 5.95 Å². The standard InChI is InChI=1S/C24H25BrN6O/c1-16(31-5-7-32-8-6-31)17-9-18(20-14-27-30(2)15-20)12-22(11-17)28-24-26-13-19-10-21(25)3-4-23(19)29-24/h3-4,9-16H,5-8H2,1-2H3,(H,26,28,29). The van der Waals surface area contributed by atoms with Crippen LogP contribution in [0.4, 0.5) is 11.6 Å². The number of aromatic nitrogens is 4. The SMILES string of the molecule is CC(c1cc(Nc2ncc3cc(Br)ccc3n2)cc(-c2cnn(C)c2)c1)N1CCOCC1. The molecule has 0 bridgehead atoms. The summed E-state index contributed by atoms with van der Waals surface area (Å²) in [6.07, 6.45) is 5.77. The molecule has 8 heteroatoms. The summed E-state index contributed by atoms with van der Waals surface area (Å²) < 4.78 is 8.38. The molecule has 1 atom stereocenters. The predicted molar refractivity (Wildman–Crippen MR) is 130 cm³/mol. The van der Waals surface area contributed by atoms with Crippen LogP contribution < -0.4 is 5.32 Å². The van der Waals surface area contributed by atoms with Crippen molar-refractivity contribution in [1.29, 1.82) is 0 Å². The number of hydrogen-bond acceptors (Lipinski definition) is 6. The summed E-state index contributed by atoms with van der Waals surface area (Å²) >= 11 is 3.50. The van der Waals surface area contributed by atoms with Gasteiger partial charge >= 0.3 is 0 Å². The molecule has 32 heavy (non-hydrogen) atoms. The zero-order chi connectivity index (χ0) is 22.1. The van der Waals surface area contributed by atoms with Crippen LogP contribution in [0.1, 0.15) is 18.5 Å². The Morgan fingerprint density at radius 2 is 1.91 bits per heavy atom. The molecular formula is C24H25BrN6O. The molecule has 0 saturated carbocycles. The van der Waals surface area contributed by atoms with E-state index in [0.717, 1.165) is 58.5 Å². The van der Waals surface area contributed by atoms with Gasteiger partial charge in [-0.25, -0.2) is 9.97 Å². The van der Waals surface area contributed by atoms with E-state index in [2.05, 4.69) is 61.4 Å². The van der Waals surface area contributed by atoms with E-state index in [1.54, 1.807) is 0 Å². The minimum atomic E-state index is 0.269. The molecule has 0 spiro atoms. The van der Waals surface area contributed by atoms with Gasteiger partial charge < -0.3 is 10.1 Å². The van der Waals surface area contributed by atoms with Crippen LogP contribution in [0.5, 0.6) is 0 Å². The number of ether oxygens (including phenoxy) is 1. The van der Waals surface area contributed by atoms with Crippen LogP contribution in [0.2, 0.25) is 0 Å². The monoisotopic (exact) mass is 492 g/mol. The van der Waals surface area contributed by atoms with E-state index < -0.39 is 0 Å². The molecule has 5 rings (SSSR count). The first-order valence-electron chi connectivity index (χ1n) is 10.7. The van der Waals surface area contributed by atoms with Gasteiger partial charge in [0.15, 0.2) is 0 Å². The summed E-state index contributed by atoms with van der Waals surface area (Å²) in [6, 6.07) is 12.8. The highest BCUT2D eigenvalue weighted by atomic mass is 79.9. The van der Waals surface area contributed by atoms with E-state index >= 15 is 0 Å². The maximum atomic E-state index is 5.54. The largest absolute Gasteiger partial charge is 0.379 e. The number of benzene rings is 2. The van der Waals surface area contributed by atoms with E-state index in [1.165, 1.54) is 5.56 Å². The Morgan fingerprint density at radius 3 is 2.69 bits per heavy atom. The van der Waals surface area contributed by atoms with Crippen molar-refractivity contribution in [2.45, 2.75) is 13.0 Å². The first-order chi connectivity index (χ1) is 15.5. The quantitative estimate of drug-likeness (QED) is 0.425. The van der Waals surface area contributed by atoms with Crippen molar-refractivity contribution >= 4 is 38.5 Å². The first kappa shape index (κ1) is 21.1. The summed E-state index contributed by atoms with van der Waals surface area (Å²) in [7, 11) is 1.93. The Balaban J connectivity index is 1.51. The number of morpholine rings is 1. The normalized spacial score (nSPS) is 15.7. The first-order valence-corrected chi connectivity index (χ1v) is 11.5. The van der Waals surface area contributed by atoms with Gasteiger partial charge in [-0.15, -0.1) is 0 Å². The Hall–Kier alpha value is -2.81. The van der Waals surface area contributed by atoms with Crippen molar-refractivity contribution in [1.82, 2.24) is 24.6 Å². The van der Waals surface area contributed by atoms with Crippen LogP contribution in [0.15, 0.2) is 59.5 Å². The summed E-state index contributed by atoms with van der Waals surface area (Å²) in [5, 5.41) is 8.77. The summed E-state index contributed by atoms with van der Waals surface area (Å²) in [6.45, 7) is 5.67. The molecule has 7 nitrogen and oxygen atoms in total. The van der Waals surface area contributed by atoms with Gasteiger partial charge in [0.1, 0.15) is 0 Å². The third-order valence-electron chi connectivity index (χ3n) is 5.87. The van der Waals surface area contributed by atoms with Gasteiger partial charge in [0.25, 0.3) is 0 Å². The van der Waals surface area contributed by atoms with Gasteiger partial charge in [-0.05, 0) is 54.4 Å². The fourth-order valence-corrected chi connectivity index (χ4v) is 4.45. The number of rotatable bonds is 5. The number of nitrogens with zero attached hydrogens (tertiary/aromatic N) is 5. The topological polar surface area (TPSA) is 68.1 Å². The van der Waals surface area contributed by atoms with E-state index in [9.17, 15) is 0 Å². The van der Waals surface area contributed by atoms with Crippen LogP contribution in [-0.4, -0.2) is 51.0 Å². The lowest BCUT2D eigenvalue weighted by molar-refractivity contribution is 0.0199.